The molecule has 0 unspecified atom stereocenters. The minimum atomic E-state index is -0.816. The van der Waals surface area contributed by atoms with Crippen LogP contribution in [0.1, 0.15) is 33.7 Å². The van der Waals surface area contributed by atoms with Crippen LogP contribution >= 0.6 is 0 Å². The molecule has 6 heteroatoms. The van der Waals surface area contributed by atoms with Crippen molar-refractivity contribution in [2.24, 2.45) is 0 Å². The molecule has 0 radical (unpaired) electrons. The maximum Gasteiger partial charge on any atom is 0.123 e. The summed E-state index contributed by atoms with van der Waals surface area (Å²) in [5.41, 5.74) is 2.01. The van der Waals surface area contributed by atoms with Crippen molar-refractivity contribution in [1.29, 1.82) is 0 Å². The quantitative estimate of drug-likeness (QED) is 0.392. The zero-order chi connectivity index (χ0) is 19.9. The topological polar surface area (TPSA) is 121 Å². The Morgan fingerprint density at radius 3 is 1.41 bits per heavy atom. The maximum absolute atomic E-state index is 10.4. The molecule has 0 fully saturated rings. The van der Waals surface area contributed by atoms with Crippen LogP contribution in [0, 0.1) is 13.8 Å². The minimum absolute atomic E-state index is 0.0870. The molecule has 0 bridgehead atoms. The highest BCUT2D eigenvalue weighted by Crippen LogP contribution is 2.46. The van der Waals surface area contributed by atoms with Gasteiger partial charge in [-0.1, -0.05) is 6.07 Å². The smallest absolute Gasteiger partial charge is 0.123 e. The Bertz CT molecular complexity index is 968. The molecule has 0 atom stereocenters. The zero-order valence-corrected chi connectivity index (χ0v) is 14.8. The van der Waals surface area contributed by atoms with Crippen LogP contribution in [0.15, 0.2) is 42.5 Å². The number of hydrogen-bond donors (Lipinski definition) is 6. The fraction of sp³-hybridized carbons (Fsp3) is 0.143. The lowest BCUT2D eigenvalue weighted by molar-refractivity contribution is 0.432. The Morgan fingerprint density at radius 2 is 0.963 bits per heavy atom. The van der Waals surface area contributed by atoms with Crippen molar-refractivity contribution in [3.05, 3.63) is 70.3 Å². The van der Waals surface area contributed by atoms with E-state index in [9.17, 15) is 30.6 Å². The molecule has 27 heavy (non-hydrogen) atoms. The lowest BCUT2D eigenvalue weighted by Crippen LogP contribution is -2.06. The van der Waals surface area contributed by atoms with E-state index in [0.717, 1.165) is 6.07 Å². The molecule has 6 N–H and O–H groups in total. The standard InChI is InChI=1S/C21H20O6/c1-10-5-14(19(26)8-16(10)23)21(13-4-3-12(22)7-18(13)25)15-6-11(2)17(24)9-20(15)27/h3-9,21-27H,1-2H3. The van der Waals surface area contributed by atoms with Crippen LogP contribution in [-0.4, -0.2) is 30.6 Å². The lowest BCUT2D eigenvalue weighted by Gasteiger charge is -2.23. The van der Waals surface area contributed by atoms with Crippen LogP contribution in [0.3, 0.4) is 0 Å². The third-order valence-corrected chi connectivity index (χ3v) is 4.64. The van der Waals surface area contributed by atoms with Gasteiger partial charge in [-0.25, -0.2) is 0 Å². The molecule has 0 saturated heterocycles. The van der Waals surface area contributed by atoms with E-state index in [0.29, 0.717) is 27.8 Å². The molecule has 3 aromatic carbocycles. The van der Waals surface area contributed by atoms with Gasteiger partial charge >= 0.3 is 0 Å². The molecule has 0 aliphatic carbocycles. The van der Waals surface area contributed by atoms with Gasteiger partial charge < -0.3 is 30.6 Å². The van der Waals surface area contributed by atoms with Gasteiger partial charge in [0.25, 0.3) is 0 Å². The lowest BCUT2D eigenvalue weighted by atomic mass is 9.82. The molecule has 0 spiro atoms. The van der Waals surface area contributed by atoms with Crippen molar-refractivity contribution in [1.82, 2.24) is 0 Å². The summed E-state index contributed by atoms with van der Waals surface area (Å²) in [5, 5.41) is 60.6. The fourth-order valence-electron chi connectivity index (χ4n) is 3.16. The molecule has 140 valence electrons. The molecule has 0 saturated carbocycles. The Balaban J connectivity index is 2.34. The second kappa shape index (κ2) is 6.64. The van der Waals surface area contributed by atoms with Gasteiger partial charge in [0.1, 0.15) is 34.5 Å². The molecular formula is C21H20O6. The molecular weight excluding hydrogens is 348 g/mol. The van der Waals surface area contributed by atoms with Gasteiger partial charge in [0, 0.05) is 40.8 Å². The van der Waals surface area contributed by atoms with Crippen LogP contribution in [0.25, 0.3) is 0 Å². The molecule has 0 aliphatic heterocycles. The van der Waals surface area contributed by atoms with Gasteiger partial charge in [-0.2, -0.15) is 0 Å². The van der Waals surface area contributed by atoms with E-state index in [1.807, 2.05) is 0 Å². The summed E-state index contributed by atoms with van der Waals surface area (Å²) >= 11 is 0. The van der Waals surface area contributed by atoms with Gasteiger partial charge in [0.2, 0.25) is 0 Å². The summed E-state index contributed by atoms with van der Waals surface area (Å²) in [6.45, 7) is 3.32. The SMILES string of the molecule is Cc1cc(C(c2ccc(O)cc2O)c2cc(C)c(O)cc2O)c(O)cc1O. The number of phenols is 6. The summed E-state index contributed by atoms with van der Waals surface area (Å²) in [5.74, 6) is -1.79. The monoisotopic (exact) mass is 368 g/mol. The molecule has 6 nitrogen and oxygen atoms in total. The van der Waals surface area contributed by atoms with E-state index in [1.165, 1.54) is 24.3 Å². The van der Waals surface area contributed by atoms with Gasteiger partial charge in [0.15, 0.2) is 0 Å². The van der Waals surface area contributed by atoms with Crippen molar-refractivity contribution in [3.63, 3.8) is 0 Å². The second-order valence-corrected chi connectivity index (χ2v) is 6.57. The van der Waals surface area contributed by atoms with Gasteiger partial charge in [-0.3, -0.25) is 0 Å². The van der Waals surface area contributed by atoms with E-state index in [2.05, 4.69) is 0 Å². The first kappa shape index (κ1) is 18.3. The van der Waals surface area contributed by atoms with Gasteiger partial charge in [-0.05, 0) is 43.2 Å². The predicted molar refractivity (Wildman–Crippen MR) is 99.7 cm³/mol. The third kappa shape index (κ3) is 3.29. The summed E-state index contributed by atoms with van der Waals surface area (Å²) in [6, 6.07) is 9.54. The van der Waals surface area contributed by atoms with E-state index in [-0.39, 0.29) is 34.5 Å². The number of hydrogen-bond acceptors (Lipinski definition) is 6. The van der Waals surface area contributed by atoms with Crippen LogP contribution in [0.5, 0.6) is 34.5 Å². The summed E-state index contributed by atoms with van der Waals surface area (Å²) < 4.78 is 0. The fourth-order valence-corrected chi connectivity index (χ4v) is 3.16. The first-order valence-electron chi connectivity index (χ1n) is 8.26. The van der Waals surface area contributed by atoms with Crippen LogP contribution < -0.4 is 0 Å². The Morgan fingerprint density at radius 1 is 0.519 bits per heavy atom. The number of aryl methyl sites for hydroxylation is 2. The molecule has 0 amide bonds. The van der Waals surface area contributed by atoms with Crippen LogP contribution in [0.4, 0.5) is 0 Å². The summed E-state index contributed by atoms with van der Waals surface area (Å²) in [4.78, 5) is 0. The summed E-state index contributed by atoms with van der Waals surface area (Å²) in [7, 11) is 0. The van der Waals surface area contributed by atoms with Gasteiger partial charge in [-0.15, -0.1) is 0 Å². The first-order chi connectivity index (χ1) is 12.7. The Labute approximate surface area is 155 Å². The van der Waals surface area contributed by atoms with Crippen molar-refractivity contribution < 1.29 is 30.6 Å². The number of benzene rings is 3. The van der Waals surface area contributed by atoms with E-state index >= 15 is 0 Å². The normalized spacial score (nSPS) is 11.1. The third-order valence-electron chi connectivity index (χ3n) is 4.64. The average Bonchev–Trinajstić information content (AvgIpc) is 2.58. The molecule has 3 rings (SSSR count). The first-order valence-corrected chi connectivity index (χ1v) is 8.26. The summed E-state index contributed by atoms with van der Waals surface area (Å²) in [6.07, 6.45) is 0. The van der Waals surface area contributed by atoms with Crippen molar-refractivity contribution >= 4 is 0 Å². The zero-order valence-electron chi connectivity index (χ0n) is 14.8. The van der Waals surface area contributed by atoms with Crippen molar-refractivity contribution in [3.8, 4) is 34.5 Å². The second-order valence-electron chi connectivity index (χ2n) is 6.57. The largest absolute Gasteiger partial charge is 0.508 e. The number of rotatable bonds is 3. The predicted octanol–water partition coefficient (Wildman–Crippen LogP) is 3.72. The average molecular weight is 368 g/mol. The highest BCUT2D eigenvalue weighted by molar-refractivity contribution is 5.60. The molecule has 0 aliphatic rings. The van der Waals surface area contributed by atoms with Crippen LogP contribution in [-0.2, 0) is 0 Å². The number of phenolic OH excluding ortho intramolecular Hbond substituents is 6. The van der Waals surface area contributed by atoms with Crippen molar-refractivity contribution in [2.45, 2.75) is 19.8 Å². The van der Waals surface area contributed by atoms with Gasteiger partial charge in [0.05, 0.1) is 0 Å². The van der Waals surface area contributed by atoms with Crippen LogP contribution in [0.2, 0.25) is 0 Å². The highest BCUT2D eigenvalue weighted by Gasteiger charge is 2.27. The highest BCUT2D eigenvalue weighted by atomic mass is 16.3. The molecule has 0 aromatic heterocycles. The van der Waals surface area contributed by atoms with Crippen molar-refractivity contribution in [2.75, 3.05) is 0 Å². The van der Waals surface area contributed by atoms with E-state index < -0.39 is 5.92 Å². The van der Waals surface area contributed by atoms with E-state index in [4.69, 9.17) is 0 Å². The maximum atomic E-state index is 10.4. The number of aromatic hydroxyl groups is 6. The minimum Gasteiger partial charge on any atom is -0.508 e. The molecule has 0 heterocycles. The van der Waals surface area contributed by atoms with E-state index in [1.54, 1.807) is 26.0 Å². The Hall–Kier alpha value is -3.54. The Kier molecular flexibility index (Phi) is 4.49. The molecule has 3 aromatic rings.